The fraction of sp³-hybridized carbons (Fsp3) is 0.150. The van der Waals surface area contributed by atoms with Crippen molar-refractivity contribution in [1.29, 1.82) is 0 Å². The van der Waals surface area contributed by atoms with Crippen LogP contribution in [0, 0.1) is 0 Å². The molecule has 0 aliphatic carbocycles. The van der Waals surface area contributed by atoms with E-state index in [0.29, 0.717) is 5.69 Å². The second kappa shape index (κ2) is 8.99. The number of anilines is 1. The van der Waals surface area contributed by atoms with E-state index in [2.05, 4.69) is 15.3 Å². The van der Waals surface area contributed by atoms with Crippen molar-refractivity contribution in [2.45, 2.75) is 4.90 Å². The Morgan fingerprint density at radius 1 is 1.03 bits per heavy atom. The van der Waals surface area contributed by atoms with Gasteiger partial charge in [-0.15, -0.1) is 0 Å². The van der Waals surface area contributed by atoms with Crippen LogP contribution in [0.5, 0.6) is 5.75 Å². The average molecular weight is 428 g/mol. The van der Waals surface area contributed by atoms with Gasteiger partial charge < -0.3 is 10.1 Å². The van der Waals surface area contributed by atoms with Crippen LogP contribution >= 0.6 is 0 Å². The van der Waals surface area contributed by atoms with Crippen molar-refractivity contribution in [3.05, 3.63) is 66.5 Å². The number of hydrogen-bond donors (Lipinski definition) is 1. The number of carbonyl (C=O) groups is 1. The van der Waals surface area contributed by atoms with Gasteiger partial charge in [0.25, 0.3) is 15.9 Å². The molecule has 9 nitrogen and oxygen atoms in total. The number of methoxy groups -OCH3 is 1. The van der Waals surface area contributed by atoms with Crippen molar-refractivity contribution in [3.8, 4) is 17.0 Å². The number of aromatic nitrogens is 2. The molecule has 0 fully saturated rings. The fourth-order valence-electron chi connectivity index (χ4n) is 2.58. The summed E-state index contributed by atoms with van der Waals surface area (Å²) in [7, 11) is 0.220. The topological polar surface area (TPSA) is 111 Å². The summed E-state index contributed by atoms with van der Waals surface area (Å²) in [6.07, 6.45) is 1.34. The lowest BCUT2D eigenvalue weighted by molar-refractivity contribution is -0.0258. The Kier molecular flexibility index (Phi) is 6.40. The second-order valence-corrected chi connectivity index (χ2v) is 8.03. The predicted molar refractivity (Wildman–Crippen MR) is 110 cm³/mol. The van der Waals surface area contributed by atoms with E-state index >= 15 is 0 Å². The Morgan fingerprint density at radius 2 is 1.77 bits per heavy atom. The molecule has 10 heteroatoms. The number of benzene rings is 2. The number of amides is 1. The third kappa shape index (κ3) is 4.62. The predicted octanol–water partition coefficient (Wildman–Crippen LogP) is 2.59. The minimum absolute atomic E-state index is 0.0684. The summed E-state index contributed by atoms with van der Waals surface area (Å²) in [5, 5.41) is 2.66. The van der Waals surface area contributed by atoms with E-state index in [1.165, 1.54) is 44.8 Å². The Bertz CT molecular complexity index is 1150. The summed E-state index contributed by atoms with van der Waals surface area (Å²) >= 11 is 0. The molecule has 0 aliphatic rings. The van der Waals surface area contributed by atoms with Gasteiger partial charge in [-0.05, 0) is 42.5 Å². The van der Waals surface area contributed by atoms with Crippen LogP contribution in [0.15, 0.2) is 65.8 Å². The van der Waals surface area contributed by atoms with Crippen molar-refractivity contribution < 1.29 is 22.8 Å². The number of hydroxylamine groups is 1. The first-order valence-electron chi connectivity index (χ1n) is 8.76. The number of rotatable bonds is 7. The van der Waals surface area contributed by atoms with Crippen LogP contribution in [-0.2, 0) is 14.9 Å². The molecule has 30 heavy (non-hydrogen) atoms. The standard InChI is InChI=1S/C20H20N4O5S/c1-24(29-3)30(26,27)17-6-4-5-15(11-17)20(25)23-19-12-18(21-13-22-19)14-7-9-16(28-2)10-8-14/h4-13H,1-3H3,(H,21,22,23,25). The maximum Gasteiger partial charge on any atom is 0.264 e. The molecule has 156 valence electrons. The first-order valence-corrected chi connectivity index (χ1v) is 10.2. The highest BCUT2D eigenvalue weighted by Crippen LogP contribution is 2.22. The van der Waals surface area contributed by atoms with E-state index in [9.17, 15) is 13.2 Å². The van der Waals surface area contributed by atoms with E-state index in [-0.39, 0.29) is 16.3 Å². The van der Waals surface area contributed by atoms with Gasteiger partial charge in [0.05, 0.1) is 24.8 Å². The van der Waals surface area contributed by atoms with Crippen LogP contribution in [0.1, 0.15) is 10.4 Å². The Balaban J connectivity index is 1.82. The van der Waals surface area contributed by atoms with Crippen molar-refractivity contribution in [2.24, 2.45) is 0 Å². The summed E-state index contributed by atoms with van der Waals surface area (Å²) in [5.41, 5.74) is 1.59. The van der Waals surface area contributed by atoms with Gasteiger partial charge in [-0.25, -0.2) is 18.4 Å². The maximum absolute atomic E-state index is 12.6. The number of nitrogens with zero attached hydrogens (tertiary/aromatic N) is 3. The van der Waals surface area contributed by atoms with Gasteiger partial charge in [0.1, 0.15) is 17.9 Å². The lowest BCUT2D eigenvalue weighted by atomic mass is 10.1. The van der Waals surface area contributed by atoms with Crippen LogP contribution < -0.4 is 10.1 Å². The highest BCUT2D eigenvalue weighted by atomic mass is 32.2. The zero-order valence-corrected chi connectivity index (χ0v) is 17.4. The van der Waals surface area contributed by atoms with Crippen LogP contribution in [-0.4, -0.2) is 50.0 Å². The molecule has 1 N–H and O–H groups in total. The van der Waals surface area contributed by atoms with Crippen LogP contribution in [0.25, 0.3) is 11.3 Å². The molecular formula is C20H20N4O5S. The van der Waals surface area contributed by atoms with Crippen LogP contribution in [0.2, 0.25) is 0 Å². The highest BCUT2D eigenvalue weighted by molar-refractivity contribution is 7.89. The summed E-state index contributed by atoms with van der Waals surface area (Å²) < 4.78 is 30.6. The largest absolute Gasteiger partial charge is 0.497 e. The van der Waals surface area contributed by atoms with Crippen LogP contribution in [0.4, 0.5) is 5.82 Å². The smallest absolute Gasteiger partial charge is 0.264 e. The Hall–Kier alpha value is -3.34. The zero-order valence-electron chi connectivity index (χ0n) is 16.6. The Morgan fingerprint density at radius 3 is 2.43 bits per heavy atom. The highest BCUT2D eigenvalue weighted by Gasteiger charge is 2.22. The molecule has 0 radical (unpaired) electrons. The second-order valence-electron chi connectivity index (χ2n) is 6.10. The number of hydrogen-bond acceptors (Lipinski definition) is 7. The summed E-state index contributed by atoms with van der Waals surface area (Å²) in [6.45, 7) is 0. The number of nitrogens with one attached hydrogen (secondary N) is 1. The minimum atomic E-state index is -3.87. The van der Waals surface area contributed by atoms with Gasteiger partial charge in [-0.2, -0.15) is 0 Å². The quantitative estimate of drug-likeness (QED) is 0.576. The molecule has 0 aliphatic heterocycles. The van der Waals surface area contributed by atoms with E-state index in [4.69, 9.17) is 9.57 Å². The zero-order chi connectivity index (χ0) is 21.7. The summed E-state index contributed by atoms with van der Waals surface area (Å²) in [5.74, 6) is 0.491. The van der Waals surface area contributed by atoms with Gasteiger partial charge in [0.15, 0.2) is 0 Å². The van der Waals surface area contributed by atoms with Crippen LogP contribution in [0.3, 0.4) is 0 Å². The van der Waals surface area contributed by atoms with Gasteiger partial charge in [-0.3, -0.25) is 9.63 Å². The van der Waals surface area contributed by atoms with Gasteiger partial charge in [-0.1, -0.05) is 10.5 Å². The molecule has 1 aromatic heterocycles. The van der Waals surface area contributed by atoms with Crippen molar-refractivity contribution in [1.82, 2.24) is 14.4 Å². The minimum Gasteiger partial charge on any atom is -0.497 e. The van der Waals surface area contributed by atoms with Crippen molar-refractivity contribution in [2.75, 3.05) is 26.6 Å². The number of carbonyl (C=O) groups excluding carboxylic acids is 1. The molecule has 2 aromatic carbocycles. The third-order valence-corrected chi connectivity index (χ3v) is 5.96. The maximum atomic E-state index is 12.6. The Labute approximate surface area is 174 Å². The average Bonchev–Trinajstić information content (AvgIpc) is 2.78. The van der Waals surface area contributed by atoms with Gasteiger partial charge >= 0.3 is 0 Å². The van der Waals surface area contributed by atoms with E-state index in [0.717, 1.165) is 15.8 Å². The summed E-state index contributed by atoms with van der Waals surface area (Å²) in [6, 6.07) is 14.6. The molecule has 0 bridgehead atoms. The molecule has 0 saturated heterocycles. The fourth-order valence-corrected chi connectivity index (χ4v) is 3.60. The number of sulfonamides is 1. The lowest BCUT2D eigenvalue weighted by Crippen LogP contribution is -2.26. The van der Waals surface area contributed by atoms with E-state index in [1.807, 2.05) is 12.1 Å². The van der Waals surface area contributed by atoms with Gasteiger partial charge in [0, 0.05) is 24.2 Å². The molecule has 3 rings (SSSR count). The molecule has 0 unspecified atom stereocenters. The SMILES string of the molecule is COc1ccc(-c2cc(NC(=O)c3cccc(S(=O)(=O)N(C)OC)c3)ncn2)cc1. The molecule has 0 spiro atoms. The van der Waals surface area contributed by atoms with Gasteiger partial charge in [0.2, 0.25) is 0 Å². The van der Waals surface area contributed by atoms with Crippen molar-refractivity contribution >= 4 is 21.7 Å². The molecule has 0 saturated carbocycles. The van der Waals surface area contributed by atoms with E-state index in [1.54, 1.807) is 25.3 Å². The molecular weight excluding hydrogens is 408 g/mol. The molecule has 1 heterocycles. The molecule has 1 amide bonds. The number of ether oxygens (including phenoxy) is 1. The normalized spacial score (nSPS) is 11.3. The molecule has 0 atom stereocenters. The van der Waals surface area contributed by atoms with E-state index < -0.39 is 15.9 Å². The molecule has 3 aromatic rings. The van der Waals surface area contributed by atoms with Crippen molar-refractivity contribution in [3.63, 3.8) is 0 Å². The monoisotopic (exact) mass is 428 g/mol. The first kappa shape index (κ1) is 21.4. The third-order valence-electron chi connectivity index (χ3n) is 4.28. The first-order chi connectivity index (χ1) is 14.3. The lowest BCUT2D eigenvalue weighted by Gasteiger charge is -2.14. The summed E-state index contributed by atoms with van der Waals surface area (Å²) in [4.78, 5) is 25.6.